The van der Waals surface area contributed by atoms with Crippen molar-refractivity contribution in [3.05, 3.63) is 91.7 Å². The molecule has 1 unspecified atom stereocenters. The molecule has 1 aliphatic rings. The molecule has 0 saturated heterocycles. The quantitative estimate of drug-likeness (QED) is 0.0725. The van der Waals surface area contributed by atoms with Crippen molar-refractivity contribution in [2.75, 3.05) is 51.4 Å². The summed E-state index contributed by atoms with van der Waals surface area (Å²) in [6.07, 6.45) is 0.757. The van der Waals surface area contributed by atoms with Crippen LogP contribution in [0.15, 0.2) is 75.0 Å². The van der Waals surface area contributed by atoms with Crippen LogP contribution in [0.5, 0.6) is 34.5 Å². The first-order chi connectivity index (χ1) is 25.3. The maximum atomic E-state index is 10.5. The van der Waals surface area contributed by atoms with Crippen molar-refractivity contribution in [2.24, 2.45) is 5.73 Å². The van der Waals surface area contributed by atoms with Gasteiger partial charge in [-0.15, -0.1) is 0 Å². The number of anilines is 4. The van der Waals surface area contributed by atoms with Crippen molar-refractivity contribution in [1.29, 1.82) is 15.8 Å². The number of nitriles is 3. The van der Waals surface area contributed by atoms with Gasteiger partial charge in [0.1, 0.15) is 30.1 Å². The van der Waals surface area contributed by atoms with Gasteiger partial charge in [0.05, 0.1) is 78.2 Å². The molecule has 1 aliphatic heterocycles. The number of phenols is 1. The number of ether oxygens (including phenoxy) is 5. The molecule has 0 radical (unpaired) electrons. The lowest BCUT2D eigenvalue weighted by molar-refractivity contribution is 0.112. The second-order valence-electron chi connectivity index (χ2n) is 10.3. The summed E-state index contributed by atoms with van der Waals surface area (Å²) in [4.78, 5) is 10.5. The predicted molar refractivity (Wildman–Crippen MR) is 207 cm³/mol. The lowest BCUT2D eigenvalue weighted by atomic mass is 9.83. The van der Waals surface area contributed by atoms with Crippen LogP contribution in [-0.2, 0) is 0 Å². The lowest BCUT2D eigenvalue weighted by Crippen LogP contribution is -2.22. The number of rotatable bonds is 6. The summed E-state index contributed by atoms with van der Waals surface area (Å²) in [5.74, 6) is 2.11. The molecule has 15 nitrogen and oxygen atoms in total. The number of aldehydes is 1. The molecule has 1 heterocycles. The molecule has 53 heavy (non-hydrogen) atoms. The Balaban J connectivity index is 0.000000297. The van der Waals surface area contributed by atoms with Crippen LogP contribution in [0.2, 0.25) is 0 Å². The molecule has 0 aliphatic carbocycles. The van der Waals surface area contributed by atoms with Crippen LogP contribution in [0.3, 0.4) is 0 Å². The first-order valence-corrected chi connectivity index (χ1v) is 16.5. The third-order valence-corrected chi connectivity index (χ3v) is 8.29. The normalized spacial score (nSPS) is 12.0. The van der Waals surface area contributed by atoms with Crippen molar-refractivity contribution in [3.63, 3.8) is 0 Å². The summed E-state index contributed by atoms with van der Waals surface area (Å²) in [5, 5.41) is 33.7. The third kappa shape index (κ3) is 10.5. The molecular weight excluding hydrogens is 816 g/mol. The van der Waals surface area contributed by atoms with E-state index in [0.29, 0.717) is 60.2 Å². The fourth-order valence-electron chi connectivity index (χ4n) is 4.62. The number of hydrogen-bond acceptors (Lipinski definition) is 15. The molecule has 4 aromatic carbocycles. The second-order valence-corrected chi connectivity index (χ2v) is 12.0. The van der Waals surface area contributed by atoms with Crippen LogP contribution in [0.1, 0.15) is 33.8 Å². The minimum absolute atomic E-state index is 0. The molecule has 0 spiro atoms. The number of fused-ring (bicyclic) bond motifs is 1. The number of nitrogens with two attached hydrogens (primary N) is 5. The van der Waals surface area contributed by atoms with Gasteiger partial charge in [-0.3, -0.25) is 4.79 Å². The van der Waals surface area contributed by atoms with Gasteiger partial charge in [-0.05, 0) is 79.9 Å². The third-order valence-electron chi connectivity index (χ3n) is 7.11. The van der Waals surface area contributed by atoms with Crippen molar-refractivity contribution < 1.29 is 33.6 Å². The number of aromatic hydroxyl groups is 1. The molecule has 0 fully saturated rings. The number of halogens is 2. The summed E-state index contributed by atoms with van der Waals surface area (Å²) >= 11 is 6.75. The van der Waals surface area contributed by atoms with Crippen molar-refractivity contribution >= 4 is 60.9 Å². The average molecular weight is 853 g/mol. The van der Waals surface area contributed by atoms with E-state index >= 15 is 0 Å². The number of hydrogen-bond donors (Lipinski definition) is 6. The van der Waals surface area contributed by atoms with Gasteiger partial charge in [-0.25, -0.2) is 0 Å². The van der Waals surface area contributed by atoms with E-state index < -0.39 is 5.92 Å². The van der Waals surface area contributed by atoms with Crippen molar-refractivity contribution in [3.8, 4) is 52.7 Å². The topological polar surface area (TPSA) is 285 Å². The van der Waals surface area contributed by atoms with E-state index in [1.54, 1.807) is 75.9 Å². The Morgan fingerprint density at radius 2 is 1.36 bits per heavy atom. The van der Waals surface area contributed by atoms with Gasteiger partial charge >= 0.3 is 0 Å². The first kappa shape index (κ1) is 42.7. The molecule has 1 atom stereocenters. The highest BCUT2D eigenvalue weighted by atomic mass is 79.9. The van der Waals surface area contributed by atoms with Gasteiger partial charge in [-0.1, -0.05) is 12.1 Å². The van der Waals surface area contributed by atoms with Gasteiger partial charge in [0, 0.05) is 11.1 Å². The molecule has 11 N–H and O–H groups in total. The summed E-state index contributed by atoms with van der Waals surface area (Å²) in [6.45, 7) is 0. The Hall–Kier alpha value is -6.48. The highest BCUT2D eigenvalue weighted by Gasteiger charge is 2.33. The second kappa shape index (κ2) is 20.4. The van der Waals surface area contributed by atoms with Crippen LogP contribution in [0, 0.1) is 34.0 Å². The summed E-state index contributed by atoms with van der Waals surface area (Å²) in [7, 11) is 6.16. The van der Waals surface area contributed by atoms with E-state index in [2.05, 4.69) is 37.9 Å². The predicted octanol–water partition coefficient (Wildman–Crippen LogP) is 6.11. The lowest BCUT2D eigenvalue weighted by Gasteiger charge is -2.28. The van der Waals surface area contributed by atoms with Crippen molar-refractivity contribution in [2.45, 2.75) is 12.3 Å². The maximum absolute atomic E-state index is 10.5. The summed E-state index contributed by atoms with van der Waals surface area (Å²) in [6, 6.07) is 20.6. The van der Waals surface area contributed by atoms with Gasteiger partial charge in [0.25, 0.3) is 0 Å². The van der Waals surface area contributed by atoms with E-state index in [0.717, 1.165) is 11.8 Å². The number of carbonyl (C=O) groups excluding carboxylic acids is 1. The zero-order chi connectivity index (χ0) is 39.8. The Bertz CT molecular complexity index is 2080. The summed E-state index contributed by atoms with van der Waals surface area (Å²) < 4.78 is 27.9. The molecule has 4 aromatic rings. The Kier molecular flexibility index (Phi) is 16.4. The fraction of sp³-hybridized carbons (Fsp3) is 0.167. The molecule has 0 bridgehead atoms. The van der Waals surface area contributed by atoms with Gasteiger partial charge in [0.15, 0.2) is 28.7 Å². The minimum atomic E-state index is -0.484. The van der Waals surface area contributed by atoms with E-state index in [-0.39, 0.29) is 35.0 Å². The molecule has 0 amide bonds. The first-order valence-electron chi connectivity index (χ1n) is 14.9. The number of benzene rings is 4. The molecule has 276 valence electrons. The molecule has 0 aromatic heterocycles. The standard InChI is InChI=1S/C18H17BrN4O3.C9H9BrO3.C6H8N2O.C3H2N2/c1-24-13-6-8(5-11(19)17(13)25-2)14-9-3-4-12(21)15(22)16(9)26-18(23)10(14)7-20;1-12-8-4-6(5-11)3-7(10)9(8)13-2;7-4-2-1-3-5(9)6(4)8;4-2-1-3-5/h3-6,14H,21-23H2,1-2H3;3-5H,1-2H3;1-3,9H,7-8H2;1H2. The van der Waals surface area contributed by atoms with E-state index in [9.17, 15) is 10.1 Å². The minimum Gasteiger partial charge on any atom is -0.506 e. The van der Waals surface area contributed by atoms with Gasteiger partial charge < -0.3 is 57.5 Å². The van der Waals surface area contributed by atoms with E-state index in [1.807, 2.05) is 6.07 Å². The molecule has 0 saturated carbocycles. The van der Waals surface area contributed by atoms with Crippen molar-refractivity contribution in [1.82, 2.24) is 0 Å². The zero-order valence-electron chi connectivity index (χ0n) is 28.9. The number of nitrogens with zero attached hydrogens (tertiary/aromatic N) is 3. The molecule has 17 heteroatoms. The highest BCUT2D eigenvalue weighted by molar-refractivity contribution is 9.11. The van der Waals surface area contributed by atoms with Gasteiger partial charge in [-0.2, -0.15) is 15.8 Å². The van der Waals surface area contributed by atoms with E-state index in [1.165, 1.54) is 13.2 Å². The Morgan fingerprint density at radius 3 is 1.83 bits per heavy atom. The number of methoxy groups -OCH3 is 4. The van der Waals surface area contributed by atoms with Crippen LogP contribution in [0.25, 0.3) is 0 Å². The molecule has 5 rings (SSSR count). The smallest absolute Gasteiger partial charge is 0.205 e. The average Bonchev–Trinajstić information content (AvgIpc) is 3.15. The van der Waals surface area contributed by atoms with Crippen LogP contribution in [0.4, 0.5) is 22.7 Å². The van der Waals surface area contributed by atoms with Crippen LogP contribution < -0.4 is 52.4 Å². The zero-order valence-corrected chi connectivity index (χ0v) is 32.1. The fourth-order valence-corrected chi connectivity index (χ4v) is 5.86. The number of allylic oxidation sites excluding steroid dienone is 1. The van der Waals surface area contributed by atoms with Crippen LogP contribution >= 0.6 is 31.9 Å². The highest BCUT2D eigenvalue weighted by Crippen LogP contribution is 2.48. The Morgan fingerprint density at radius 1 is 0.792 bits per heavy atom. The van der Waals surface area contributed by atoms with Gasteiger partial charge in [0.2, 0.25) is 5.88 Å². The number of nitrogen functional groups attached to an aromatic ring is 4. The molecular formula is C36H36Br2N8O7. The largest absolute Gasteiger partial charge is 0.506 e. The Labute approximate surface area is 322 Å². The maximum Gasteiger partial charge on any atom is 0.205 e. The van der Waals surface area contributed by atoms with Crippen LogP contribution in [-0.4, -0.2) is 39.8 Å². The van der Waals surface area contributed by atoms with E-state index in [4.69, 9.17) is 68.0 Å². The number of phenolic OH excluding ortho intramolecular Hbond substituents is 1. The number of carbonyl (C=O) groups is 1. The number of para-hydroxylation sites is 1. The summed E-state index contributed by atoms with van der Waals surface area (Å²) in [5.41, 5.74) is 32.2. The SMILES string of the molecule is COc1cc(C2C(C#N)=C(N)Oc3c2ccc(N)c3N)cc(Br)c1OC.COc1cc(C=O)cc(Br)c1OC.N#CCC#N.Nc1cccc(O)c1N. The monoisotopic (exact) mass is 850 g/mol.